The number of carbonyl (C=O) groups is 1. The van der Waals surface area contributed by atoms with Crippen LogP contribution in [0.25, 0.3) is 10.2 Å². The minimum Gasteiger partial charge on any atom is -0.494 e. The third-order valence-corrected chi connectivity index (χ3v) is 5.11. The van der Waals surface area contributed by atoms with Gasteiger partial charge in [0, 0.05) is 0 Å². The first-order chi connectivity index (χ1) is 10.7. The molecule has 114 valence electrons. The molecule has 1 N–H and O–H groups in total. The number of nitrogens with one attached hydrogen (secondary N) is 1. The Kier molecular flexibility index (Phi) is 4.40. The summed E-state index contributed by atoms with van der Waals surface area (Å²) in [6.45, 7) is 4.63. The van der Waals surface area contributed by atoms with Crippen LogP contribution in [0.3, 0.4) is 0 Å². The number of nitrogens with zero attached hydrogens (tertiary/aromatic N) is 1. The summed E-state index contributed by atoms with van der Waals surface area (Å²) < 4.78 is 6.49. The van der Waals surface area contributed by atoms with E-state index in [1.165, 1.54) is 22.7 Å². The number of rotatable bonds is 5. The second kappa shape index (κ2) is 6.46. The Bertz CT molecular complexity index is 807. The maximum atomic E-state index is 12.3. The molecule has 0 aliphatic rings. The molecular formula is C16H16N2O2S2. The highest BCUT2D eigenvalue weighted by atomic mass is 32.1. The highest BCUT2D eigenvalue weighted by Gasteiger charge is 2.14. The van der Waals surface area contributed by atoms with Crippen molar-refractivity contribution in [2.24, 2.45) is 0 Å². The molecule has 0 aliphatic heterocycles. The van der Waals surface area contributed by atoms with Crippen molar-refractivity contribution >= 4 is 43.9 Å². The van der Waals surface area contributed by atoms with Gasteiger partial charge in [0.2, 0.25) is 0 Å². The predicted molar refractivity (Wildman–Crippen MR) is 92.4 cm³/mol. The number of amides is 1. The van der Waals surface area contributed by atoms with Gasteiger partial charge in [-0.25, -0.2) is 4.98 Å². The fourth-order valence-corrected chi connectivity index (χ4v) is 3.96. The minimum atomic E-state index is -0.0871. The van der Waals surface area contributed by atoms with E-state index < -0.39 is 0 Å². The van der Waals surface area contributed by atoms with Gasteiger partial charge in [-0.1, -0.05) is 18.3 Å². The second-order valence-corrected chi connectivity index (χ2v) is 6.61. The molecule has 0 radical (unpaired) electrons. The zero-order valence-corrected chi connectivity index (χ0v) is 14.0. The Balaban J connectivity index is 1.83. The summed E-state index contributed by atoms with van der Waals surface area (Å²) in [6.07, 6.45) is 0.851. The van der Waals surface area contributed by atoms with Crippen molar-refractivity contribution in [3.63, 3.8) is 0 Å². The van der Waals surface area contributed by atoms with E-state index in [2.05, 4.69) is 10.3 Å². The van der Waals surface area contributed by atoms with Gasteiger partial charge in [0.05, 0.1) is 21.7 Å². The maximum absolute atomic E-state index is 12.3. The molecule has 0 bridgehead atoms. The van der Waals surface area contributed by atoms with Gasteiger partial charge in [0.15, 0.2) is 5.13 Å². The van der Waals surface area contributed by atoms with Gasteiger partial charge in [-0.15, -0.1) is 11.3 Å². The maximum Gasteiger partial charge on any atom is 0.267 e. The van der Waals surface area contributed by atoms with Crippen LogP contribution in [-0.2, 0) is 6.42 Å². The predicted octanol–water partition coefficient (Wildman–Crippen LogP) is 4.57. The van der Waals surface area contributed by atoms with Gasteiger partial charge in [-0.05, 0) is 48.6 Å². The summed E-state index contributed by atoms with van der Waals surface area (Å²) >= 11 is 2.92. The molecule has 0 unspecified atom stereocenters. The lowest BCUT2D eigenvalue weighted by Crippen LogP contribution is -2.11. The number of aromatic nitrogens is 1. The molecule has 1 amide bonds. The zero-order chi connectivity index (χ0) is 15.5. The molecular weight excluding hydrogens is 316 g/mol. The van der Waals surface area contributed by atoms with Crippen molar-refractivity contribution in [1.82, 2.24) is 4.98 Å². The van der Waals surface area contributed by atoms with E-state index in [0.29, 0.717) is 11.7 Å². The fraction of sp³-hybridized carbons (Fsp3) is 0.250. The Labute approximate surface area is 136 Å². The van der Waals surface area contributed by atoms with E-state index in [9.17, 15) is 4.79 Å². The van der Waals surface area contributed by atoms with Crippen molar-refractivity contribution in [1.29, 1.82) is 0 Å². The summed E-state index contributed by atoms with van der Waals surface area (Å²) in [5, 5.41) is 5.46. The lowest BCUT2D eigenvalue weighted by molar-refractivity contribution is 0.103. The summed E-state index contributed by atoms with van der Waals surface area (Å²) in [7, 11) is 0. The SMILES string of the molecule is CCOc1ccc2nc(NC(=O)c3sccc3CC)sc2c1. The van der Waals surface area contributed by atoms with Crippen LogP contribution in [0.4, 0.5) is 5.13 Å². The number of thiazole rings is 1. The molecule has 0 atom stereocenters. The van der Waals surface area contributed by atoms with Crippen LogP contribution in [-0.4, -0.2) is 17.5 Å². The topological polar surface area (TPSA) is 51.2 Å². The summed E-state index contributed by atoms with van der Waals surface area (Å²) in [6, 6.07) is 7.75. The third-order valence-electron chi connectivity index (χ3n) is 3.23. The molecule has 2 heterocycles. The average molecular weight is 332 g/mol. The van der Waals surface area contributed by atoms with E-state index in [4.69, 9.17) is 4.74 Å². The molecule has 3 rings (SSSR count). The Hall–Kier alpha value is -1.92. The van der Waals surface area contributed by atoms with Gasteiger partial charge < -0.3 is 4.74 Å². The highest BCUT2D eigenvalue weighted by Crippen LogP contribution is 2.30. The molecule has 0 spiro atoms. The first-order valence-corrected chi connectivity index (χ1v) is 8.82. The van der Waals surface area contributed by atoms with E-state index >= 15 is 0 Å². The van der Waals surface area contributed by atoms with Crippen LogP contribution in [0.1, 0.15) is 29.1 Å². The van der Waals surface area contributed by atoms with E-state index in [1.54, 1.807) is 0 Å². The number of anilines is 1. The van der Waals surface area contributed by atoms with Crippen LogP contribution in [0.15, 0.2) is 29.6 Å². The standard InChI is InChI=1S/C16H16N2O2S2/c1-3-10-7-8-21-14(10)15(19)18-16-17-12-6-5-11(20-4-2)9-13(12)22-16/h5-9H,3-4H2,1-2H3,(H,17,18,19). The fourth-order valence-electron chi connectivity index (χ4n) is 2.18. The third kappa shape index (κ3) is 2.98. The van der Waals surface area contributed by atoms with Crippen LogP contribution in [0.2, 0.25) is 0 Å². The lowest BCUT2D eigenvalue weighted by Gasteiger charge is -2.01. The molecule has 0 saturated heterocycles. The molecule has 4 nitrogen and oxygen atoms in total. The highest BCUT2D eigenvalue weighted by molar-refractivity contribution is 7.22. The van der Waals surface area contributed by atoms with E-state index in [1.807, 2.05) is 43.5 Å². The summed E-state index contributed by atoms with van der Waals surface area (Å²) in [5.74, 6) is 0.735. The number of aryl methyl sites for hydroxylation is 1. The quantitative estimate of drug-likeness (QED) is 0.744. The molecule has 22 heavy (non-hydrogen) atoms. The van der Waals surface area contributed by atoms with Crippen LogP contribution < -0.4 is 10.1 Å². The minimum absolute atomic E-state index is 0.0871. The van der Waals surface area contributed by atoms with Crippen molar-refractivity contribution < 1.29 is 9.53 Å². The smallest absolute Gasteiger partial charge is 0.267 e. The van der Waals surface area contributed by atoms with Crippen molar-refractivity contribution in [2.45, 2.75) is 20.3 Å². The number of ether oxygens (including phenoxy) is 1. The first-order valence-electron chi connectivity index (χ1n) is 7.12. The zero-order valence-electron chi connectivity index (χ0n) is 12.4. The van der Waals surface area contributed by atoms with Gasteiger partial charge >= 0.3 is 0 Å². The molecule has 6 heteroatoms. The number of thiophene rings is 1. The summed E-state index contributed by atoms with van der Waals surface area (Å²) in [5.41, 5.74) is 1.94. The number of fused-ring (bicyclic) bond motifs is 1. The molecule has 3 aromatic rings. The van der Waals surface area contributed by atoms with Crippen molar-refractivity contribution in [3.8, 4) is 5.75 Å². The average Bonchev–Trinajstić information content (AvgIpc) is 3.12. The summed E-state index contributed by atoms with van der Waals surface area (Å²) in [4.78, 5) is 17.6. The molecule has 1 aromatic carbocycles. The monoisotopic (exact) mass is 332 g/mol. The largest absolute Gasteiger partial charge is 0.494 e. The molecule has 0 fully saturated rings. The number of carbonyl (C=O) groups excluding carboxylic acids is 1. The first kappa shape index (κ1) is 15.0. The van der Waals surface area contributed by atoms with Gasteiger partial charge in [-0.3, -0.25) is 10.1 Å². The number of hydrogen-bond donors (Lipinski definition) is 1. The Morgan fingerprint density at radius 1 is 1.32 bits per heavy atom. The normalized spacial score (nSPS) is 10.8. The number of benzene rings is 1. The van der Waals surface area contributed by atoms with Gasteiger partial charge in [0.1, 0.15) is 5.75 Å². The molecule has 0 saturated carbocycles. The van der Waals surface area contributed by atoms with E-state index in [-0.39, 0.29) is 5.91 Å². The van der Waals surface area contributed by atoms with Crippen LogP contribution >= 0.6 is 22.7 Å². The molecule has 2 aromatic heterocycles. The second-order valence-electron chi connectivity index (χ2n) is 4.66. The van der Waals surface area contributed by atoms with Crippen LogP contribution in [0.5, 0.6) is 5.75 Å². The number of hydrogen-bond acceptors (Lipinski definition) is 5. The lowest BCUT2D eigenvalue weighted by atomic mass is 10.2. The molecule has 0 aliphatic carbocycles. The van der Waals surface area contributed by atoms with Crippen LogP contribution in [0, 0.1) is 0 Å². The van der Waals surface area contributed by atoms with Gasteiger partial charge in [0.25, 0.3) is 5.91 Å². The van der Waals surface area contributed by atoms with Gasteiger partial charge in [-0.2, -0.15) is 0 Å². The Morgan fingerprint density at radius 2 is 2.18 bits per heavy atom. The van der Waals surface area contributed by atoms with Crippen molar-refractivity contribution in [2.75, 3.05) is 11.9 Å². The van der Waals surface area contributed by atoms with Crippen molar-refractivity contribution in [3.05, 3.63) is 40.1 Å². The Morgan fingerprint density at radius 3 is 2.95 bits per heavy atom. The van der Waals surface area contributed by atoms with E-state index in [0.717, 1.165) is 32.8 Å².